The fourth-order valence-electron chi connectivity index (χ4n) is 3.31. The van der Waals surface area contributed by atoms with E-state index < -0.39 is 9.84 Å². The van der Waals surface area contributed by atoms with Crippen molar-refractivity contribution in [2.24, 2.45) is 0 Å². The van der Waals surface area contributed by atoms with Crippen molar-refractivity contribution in [1.29, 1.82) is 0 Å². The number of ether oxygens (including phenoxy) is 1. The van der Waals surface area contributed by atoms with Crippen LogP contribution in [-0.4, -0.2) is 26.7 Å². The van der Waals surface area contributed by atoms with E-state index in [4.69, 9.17) is 4.74 Å². The topological polar surface area (TPSA) is 72.5 Å². The summed E-state index contributed by atoms with van der Waals surface area (Å²) in [4.78, 5) is 12.6. The lowest BCUT2D eigenvalue weighted by Gasteiger charge is -2.13. The minimum Gasteiger partial charge on any atom is -0.497 e. The smallest absolute Gasteiger partial charge is 0.228 e. The van der Waals surface area contributed by atoms with Crippen LogP contribution in [-0.2, 0) is 21.1 Å². The second-order valence-electron chi connectivity index (χ2n) is 6.56. The zero-order valence-electron chi connectivity index (χ0n) is 14.8. The first-order valence-corrected chi connectivity index (χ1v) is 10.3. The third-order valence-electron chi connectivity index (χ3n) is 4.69. The molecule has 0 unspecified atom stereocenters. The Balaban J connectivity index is 1.71. The lowest BCUT2D eigenvalue weighted by Crippen LogP contribution is -2.19. The molecular formula is C20H23NO4S. The normalized spacial score (nSPS) is 15.0. The molecule has 0 bridgehead atoms. The van der Waals surface area contributed by atoms with E-state index in [-0.39, 0.29) is 22.5 Å². The third-order valence-corrected chi connectivity index (χ3v) is 6.95. The number of sulfone groups is 1. The van der Waals surface area contributed by atoms with Crippen molar-refractivity contribution in [3.8, 4) is 5.75 Å². The molecule has 1 amide bonds. The summed E-state index contributed by atoms with van der Waals surface area (Å²) in [6, 6.07) is 13.8. The first kappa shape index (κ1) is 18.5. The molecule has 0 spiro atoms. The Morgan fingerprint density at radius 1 is 1.12 bits per heavy atom. The Labute approximate surface area is 154 Å². The van der Waals surface area contributed by atoms with Crippen molar-refractivity contribution < 1.29 is 17.9 Å². The molecule has 26 heavy (non-hydrogen) atoms. The highest BCUT2D eigenvalue weighted by atomic mass is 32.2. The summed E-state index contributed by atoms with van der Waals surface area (Å²) in [5, 5.41) is 2.49. The van der Waals surface area contributed by atoms with Gasteiger partial charge < -0.3 is 10.1 Å². The van der Waals surface area contributed by atoms with Gasteiger partial charge in [-0.15, -0.1) is 0 Å². The highest BCUT2D eigenvalue weighted by molar-refractivity contribution is 7.92. The second-order valence-corrected chi connectivity index (χ2v) is 8.78. The van der Waals surface area contributed by atoms with Gasteiger partial charge in [-0.1, -0.05) is 31.0 Å². The third kappa shape index (κ3) is 4.25. The molecule has 1 aliphatic rings. The van der Waals surface area contributed by atoms with E-state index in [9.17, 15) is 13.2 Å². The molecule has 1 saturated carbocycles. The SMILES string of the molecule is COc1cccc(CC(=O)Nc2cccc(S(=O)(=O)C3CCCC3)c2)c1. The van der Waals surface area contributed by atoms with Gasteiger partial charge in [0.05, 0.1) is 23.7 Å². The van der Waals surface area contributed by atoms with Crippen LogP contribution in [0.3, 0.4) is 0 Å². The molecule has 0 aromatic heterocycles. The summed E-state index contributed by atoms with van der Waals surface area (Å²) in [6.45, 7) is 0. The van der Waals surface area contributed by atoms with E-state index in [2.05, 4.69) is 5.32 Å². The highest BCUT2D eigenvalue weighted by Gasteiger charge is 2.30. The Kier molecular flexibility index (Phi) is 5.61. The van der Waals surface area contributed by atoms with Crippen LogP contribution in [0, 0.1) is 0 Å². The summed E-state index contributed by atoms with van der Waals surface area (Å²) < 4.78 is 30.6. The number of carbonyl (C=O) groups is 1. The van der Waals surface area contributed by atoms with Gasteiger partial charge in [0.1, 0.15) is 5.75 Å². The molecule has 0 radical (unpaired) electrons. The molecule has 0 saturated heterocycles. The van der Waals surface area contributed by atoms with Crippen molar-refractivity contribution in [3.05, 3.63) is 54.1 Å². The fourth-order valence-corrected chi connectivity index (χ4v) is 5.21. The monoisotopic (exact) mass is 373 g/mol. The van der Waals surface area contributed by atoms with E-state index in [1.807, 2.05) is 18.2 Å². The molecule has 3 rings (SSSR count). The van der Waals surface area contributed by atoms with Crippen molar-refractivity contribution in [3.63, 3.8) is 0 Å². The summed E-state index contributed by atoms with van der Waals surface area (Å²) in [5.41, 5.74) is 1.33. The number of rotatable bonds is 6. The number of methoxy groups -OCH3 is 1. The average Bonchev–Trinajstić information content (AvgIpc) is 3.17. The van der Waals surface area contributed by atoms with Crippen LogP contribution in [0.25, 0.3) is 0 Å². The Bertz CT molecular complexity index is 886. The number of anilines is 1. The molecular weight excluding hydrogens is 350 g/mol. The molecule has 1 N–H and O–H groups in total. The number of hydrogen-bond donors (Lipinski definition) is 1. The molecule has 0 heterocycles. The van der Waals surface area contributed by atoms with E-state index in [1.54, 1.807) is 37.4 Å². The Morgan fingerprint density at radius 2 is 1.85 bits per heavy atom. The lowest BCUT2D eigenvalue weighted by molar-refractivity contribution is -0.115. The van der Waals surface area contributed by atoms with E-state index in [0.29, 0.717) is 11.4 Å². The van der Waals surface area contributed by atoms with Gasteiger partial charge in [0, 0.05) is 5.69 Å². The van der Waals surface area contributed by atoms with Gasteiger partial charge >= 0.3 is 0 Å². The molecule has 2 aromatic carbocycles. The number of amides is 1. The summed E-state index contributed by atoms with van der Waals surface area (Å²) in [6.07, 6.45) is 3.54. The maximum absolute atomic E-state index is 12.7. The predicted molar refractivity (Wildman–Crippen MR) is 101 cm³/mol. The maximum atomic E-state index is 12.7. The van der Waals surface area contributed by atoms with Crippen molar-refractivity contribution in [2.45, 2.75) is 42.2 Å². The molecule has 138 valence electrons. The molecule has 1 aliphatic carbocycles. The van der Waals surface area contributed by atoms with Crippen LogP contribution in [0.1, 0.15) is 31.2 Å². The van der Waals surface area contributed by atoms with Gasteiger partial charge in [0.15, 0.2) is 9.84 Å². The largest absolute Gasteiger partial charge is 0.497 e. The summed E-state index contributed by atoms with van der Waals surface area (Å²) in [7, 11) is -1.75. The van der Waals surface area contributed by atoms with Gasteiger partial charge in [0.25, 0.3) is 0 Å². The van der Waals surface area contributed by atoms with Crippen molar-refractivity contribution in [2.75, 3.05) is 12.4 Å². The summed E-state index contributed by atoms with van der Waals surface area (Å²) in [5.74, 6) is 0.494. The van der Waals surface area contributed by atoms with Gasteiger partial charge in [-0.05, 0) is 48.7 Å². The first-order valence-electron chi connectivity index (χ1n) is 8.76. The molecule has 2 aromatic rings. The average molecular weight is 373 g/mol. The minimum absolute atomic E-state index is 0.191. The highest BCUT2D eigenvalue weighted by Crippen LogP contribution is 2.30. The maximum Gasteiger partial charge on any atom is 0.228 e. The number of carbonyl (C=O) groups excluding carboxylic acids is 1. The van der Waals surface area contributed by atoms with Crippen molar-refractivity contribution in [1.82, 2.24) is 0 Å². The molecule has 1 fully saturated rings. The zero-order chi connectivity index (χ0) is 18.6. The quantitative estimate of drug-likeness (QED) is 0.840. The van der Waals surface area contributed by atoms with Crippen LogP contribution in [0.5, 0.6) is 5.75 Å². The van der Waals surface area contributed by atoms with E-state index in [1.165, 1.54) is 0 Å². The molecule has 0 aliphatic heterocycles. The van der Waals surface area contributed by atoms with Gasteiger partial charge in [-0.2, -0.15) is 0 Å². The van der Waals surface area contributed by atoms with E-state index >= 15 is 0 Å². The molecule has 0 atom stereocenters. The number of nitrogens with one attached hydrogen (secondary N) is 1. The number of hydrogen-bond acceptors (Lipinski definition) is 4. The van der Waals surface area contributed by atoms with Crippen LogP contribution in [0.4, 0.5) is 5.69 Å². The standard InChI is InChI=1S/C20H23NO4S/c1-25-17-8-4-6-15(12-17)13-20(22)21-16-7-5-11-19(14-16)26(23,24)18-9-2-3-10-18/h4-8,11-12,14,18H,2-3,9-10,13H2,1H3,(H,21,22). The van der Waals surface area contributed by atoms with Crippen LogP contribution in [0.2, 0.25) is 0 Å². The van der Waals surface area contributed by atoms with Crippen molar-refractivity contribution >= 4 is 21.4 Å². The lowest BCUT2D eigenvalue weighted by atomic mass is 10.1. The zero-order valence-corrected chi connectivity index (χ0v) is 15.6. The van der Waals surface area contributed by atoms with Crippen LogP contribution >= 0.6 is 0 Å². The Hall–Kier alpha value is -2.34. The summed E-state index contributed by atoms with van der Waals surface area (Å²) >= 11 is 0. The van der Waals surface area contributed by atoms with E-state index in [0.717, 1.165) is 31.2 Å². The van der Waals surface area contributed by atoms with Gasteiger partial charge in [-0.25, -0.2) is 8.42 Å². The van der Waals surface area contributed by atoms with Crippen LogP contribution < -0.4 is 10.1 Å². The van der Waals surface area contributed by atoms with Crippen LogP contribution in [0.15, 0.2) is 53.4 Å². The molecule has 6 heteroatoms. The Morgan fingerprint density at radius 3 is 2.58 bits per heavy atom. The second kappa shape index (κ2) is 7.91. The first-order chi connectivity index (χ1) is 12.5. The van der Waals surface area contributed by atoms with Gasteiger partial charge in [0.2, 0.25) is 5.91 Å². The molecule has 5 nitrogen and oxygen atoms in total. The van der Waals surface area contributed by atoms with Gasteiger partial charge in [-0.3, -0.25) is 4.79 Å². The number of benzene rings is 2. The fraction of sp³-hybridized carbons (Fsp3) is 0.350. The predicted octanol–water partition coefficient (Wildman–Crippen LogP) is 3.59. The minimum atomic E-state index is -3.33.